The van der Waals surface area contributed by atoms with Crippen molar-refractivity contribution in [3.8, 4) is 0 Å². The Morgan fingerprint density at radius 1 is 1.55 bits per heavy atom. The van der Waals surface area contributed by atoms with Gasteiger partial charge in [-0.25, -0.2) is 4.98 Å². The molecule has 1 atom stereocenters. The summed E-state index contributed by atoms with van der Waals surface area (Å²) in [6.07, 6.45) is 1.73. The first kappa shape index (κ1) is 15.2. The maximum atomic E-state index is 9.35. The minimum Gasteiger partial charge on any atom is -0.394 e. The van der Waals surface area contributed by atoms with Crippen LogP contribution in [-0.4, -0.2) is 52.9 Å². The van der Waals surface area contributed by atoms with Crippen LogP contribution in [0.25, 0.3) is 0 Å². The lowest BCUT2D eigenvalue weighted by molar-refractivity contribution is -0.150. The molecule has 1 aromatic rings. The third-order valence-corrected chi connectivity index (χ3v) is 3.34. The fourth-order valence-electron chi connectivity index (χ4n) is 2.74. The van der Waals surface area contributed by atoms with Crippen molar-refractivity contribution in [2.24, 2.45) is 0 Å². The highest BCUT2D eigenvalue weighted by Gasteiger charge is 2.32. The first-order valence-electron chi connectivity index (χ1n) is 7.22. The zero-order valence-electron chi connectivity index (χ0n) is 12.6. The number of rotatable bonds is 5. The molecule has 112 valence electrons. The molecule has 1 aromatic heterocycles. The molecule has 1 unspecified atom stereocenters. The van der Waals surface area contributed by atoms with Crippen molar-refractivity contribution in [3.63, 3.8) is 0 Å². The molecule has 0 aromatic carbocycles. The van der Waals surface area contributed by atoms with Gasteiger partial charge in [-0.15, -0.1) is 0 Å². The van der Waals surface area contributed by atoms with Gasteiger partial charge in [0.15, 0.2) is 0 Å². The molecule has 0 spiro atoms. The molecule has 0 bridgehead atoms. The molecule has 1 aliphatic rings. The number of morpholine rings is 1. The fraction of sp³-hybridized carbons (Fsp3) is 0.667. The first-order valence-corrected chi connectivity index (χ1v) is 7.22. The fourth-order valence-corrected chi connectivity index (χ4v) is 2.74. The van der Waals surface area contributed by atoms with E-state index in [2.05, 4.69) is 42.0 Å². The zero-order chi connectivity index (χ0) is 14.6. The highest BCUT2D eigenvalue weighted by Crippen LogP contribution is 2.22. The molecule has 20 heavy (non-hydrogen) atoms. The van der Waals surface area contributed by atoms with Gasteiger partial charge in [0.25, 0.3) is 0 Å². The quantitative estimate of drug-likeness (QED) is 0.855. The van der Waals surface area contributed by atoms with Crippen LogP contribution in [0.5, 0.6) is 0 Å². The van der Waals surface area contributed by atoms with Gasteiger partial charge in [0, 0.05) is 32.4 Å². The maximum Gasteiger partial charge on any atom is 0.126 e. The van der Waals surface area contributed by atoms with E-state index in [1.165, 1.54) is 5.56 Å². The van der Waals surface area contributed by atoms with Gasteiger partial charge in [-0.1, -0.05) is 0 Å². The number of nitrogens with one attached hydrogen (secondary N) is 1. The van der Waals surface area contributed by atoms with E-state index in [0.29, 0.717) is 0 Å². The standard InChI is InChI=1S/C15H25N3O2/c1-4-16-14-7-12(5-6-17-14)8-18-9-13(10-19)20-15(2,3)11-18/h5-7,13,19H,4,8-11H2,1-3H3,(H,16,17). The number of nitrogens with zero attached hydrogens (tertiary/aromatic N) is 2. The predicted molar refractivity (Wildman–Crippen MR) is 79.7 cm³/mol. The number of aliphatic hydroxyl groups excluding tert-OH is 1. The average molecular weight is 279 g/mol. The molecule has 2 N–H and O–H groups in total. The average Bonchev–Trinajstić information content (AvgIpc) is 2.37. The number of pyridine rings is 1. The lowest BCUT2D eigenvalue weighted by Gasteiger charge is -2.42. The van der Waals surface area contributed by atoms with Gasteiger partial charge < -0.3 is 15.2 Å². The molecule has 2 rings (SSSR count). The SMILES string of the molecule is CCNc1cc(CN2CC(CO)OC(C)(C)C2)ccn1. The molecular weight excluding hydrogens is 254 g/mol. The van der Waals surface area contributed by atoms with E-state index in [1.807, 2.05) is 12.3 Å². The lowest BCUT2D eigenvalue weighted by atomic mass is 10.0. The second-order valence-corrected chi connectivity index (χ2v) is 5.93. The van der Waals surface area contributed by atoms with Crippen LogP contribution in [0.2, 0.25) is 0 Å². The largest absolute Gasteiger partial charge is 0.394 e. The predicted octanol–water partition coefficient (Wildman–Crippen LogP) is 1.49. The van der Waals surface area contributed by atoms with Gasteiger partial charge in [0.1, 0.15) is 5.82 Å². The second kappa shape index (κ2) is 6.52. The van der Waals surface area contributed by atoms with Crippen LogP contribution < -0.4 is 5.32 Å². The Hall–Kier alpha value is -1.17. The van der Waals surface area contributed by atoms with Crippen molar-refractivity contribution in [2.45, 2.75) is 39.0 Å². The van der Waals surface area contributed by atoms with Crippen molar-refractivity contribution in [1.29, 1.82) is 0 Å². The molecule has 2 heterocycles. The Balaban J connectivity index is 2.03. The summed E-state index contributed by atoms with van der Waals surface area (Å²) in [6.45, 7) is 9.61. The van der Waals surface area contributed by atoms with Crippen LogP contribution in [0.1, 0.15) is 26.3 Å². The van der Waals surface area contributed by atoms with E-state index in [4.69, 9.17) is 4.74 Å². The lowest BCUT2D eigenvalue weighted by Crippen LogP contribution is -2.53. The molecule has 5 nitrogen and oxygen atoms in total. The van der Waals surface area contributed by atoms with Gasteiger partial charge >= 0.3 is 0 Å². The Morgan fingerprint density at radius 3 is 3.05 bits per heavy atom. The summed E-state index contributed by atoms with van der Waals surface area (Å²) in [6, 6.07) is 4.12. The van der Waals surface area contributed by atoms with Gasteiger partial charge in [0.2, 0.25) is 0 Å². The maximum absolute atomic E-state index is 9.35. The third-order valence-electron chi connectivity index (χ3n) is 3.34. The Labute approximate surface area is 121 Å². The monoisotopic (exact) mass is 279 g/mol. The van der Waals surface area contributed by atoms with Crippen LogP contribution in [0, 0.1) is 0 Å². The number of aliphatic hydroxyl groups is 1. The van der Waals surface area contributed by atoms with Crippen molar-refractivity contribution in [3.05, 3.63) is 23.9 Å². The summed E-state index contributed by atoms with van der Waals surface area (Å²) >= 11 is 0. The first-order chi connectivity index (χ1) is 9.52. The molecular formula is C15H25N3O2. The minimum absolute atomic E-state index is 0.0684. The van der Waals surface area contributed by atoms with Gasteiger partial charge in [0.05, 0.1) is 18.3 Å². The topological polar surface area (TPSA) is 57.6 Å². The summed E-state index contributed by atoms with van der Waals surface area (Å²) in [4.78, 5) is 6.62. The summed E-state index contributed by atoms with van der Waals surface area (Å²) in [5.74, 6) is 0.913. The highest BCUT2D eigenvalue weighted by molar-refractivity contribution is 5.37. The van der Waals surface area contributed by atoms with Crippen LogP contribution in [0.3, 0.4) is 0 Å². The Morgan fingerprint density at radius 2 is 2.35 bits per heavy atom. The van der Waals surface area contributed by atoms with Crippen molar-refractivity contribution >= 4 is 5.82 Å². The molecule has 0 saturated carbocycles. The smallest absolute Gasteiger partial charge is 0.126 e. The normalized spacial score (nSPS) is 22.7. The van der Waals surface area contributed by atoms with Crippen molar-refractivity contribution in [1.82, 2.24) is 9.88 Å². The van der Waals surface area contributed by atoms with E-state index in [0.717, 1.165) is 32.0 Å². The molecule has 5 heteroatoms. The van der Waals surface area contributed by atoms with Crippen LogP contribution >= 0.6 is 0 Å². The molecule has 1 saturated heterocycles. The minimum atomic E-state index is -0.219. The van der Waals surface area contributed by atoms with Crippen LogP contribution in [0.15, 0.2) is 18.3 Å². The van der Waals surface area contributed by atoms with Crippen molar-refractivity contribution < 1.29 is 9.84 Å². The Kier molecular flexibility index (Phi) is 4.96. The summed E-state index contributed by atoms with van der Waals surface area (Å²) in [7, 11) is 0. The second-order valence-electron chi connectivity index (χ2n) is 5.93. The van der Waals surface area contributed by atoms with Crippen LogP contribution in [-0.2, 0) is 11.3 Å². The van der Waals surface area contributed by atoms with Gasteiger partial charge in [-0.2, -0.15) is 0 Å². The van der Waals surface area contributed by atoms with Crippen LogP contribution in [0.4, 0.5) is 5.82 Å². The number of hydrogen-bond acceptors (Lipinski definition) is 5. The van der Waals surface area contributed by atoms with E-state index in [9.17, 15) is 5.11 Å². The number of hydrogen-bond donors (Lipinski definition) is 2. The molecule has 0 radical (unpaired) electrons. The van der Waals surface area contributed by atoms with Gasteiger partial charge in [-0.05, 0) is 38.5 Å². The molecule has 1 fully saturated rings. The molecule has 0 amide bonds. The summed E-state index contributed by atoms with van der Waals surface area (Å²) < 4.78 is 5.84. The van der Waals surface area contributed by atoms with E-state index >= 15 is 0 Å². The van der Waals surface area contributed by atoms with Crippen molar-refractivity contribution in [2.75, 3.05) is 31.6 Å². The molecule has 0 aliphatic carbocycles. The Bertz CT molecular complexity index is 437. The summed E-state index contributed by atoms with van der Waals surface area (Å²) in [5.41, 5.74) is 1.01. The number of ether oxygens (including phenoxy) is 1. The highest BCUT2D eigenvalue weighted by atomic mass is 16.5. The van der Waals surface area contributed by atoms with Gasteiger partial charge in [-0.3, -0.25) is 4.90 Å². The third kappa shape index (κ3) is 4.16. The van der Waals surface area contributed by atoms with E-state index in [-0.39, 0.29) is 18.3 Å². The zero-order valence-corrected chi connectivity index (χ0v) is 12.6. The molecule has 1 aliphatic heterocycles. The summed E-state index contributed by atoms with van der Waals surface area (Å²) in [5, 5.41) is 12.6. The van der Waals surface area contributed by atoms with E-state index in [1.54, 1.807) is 0 Å². The van der Waals surface area contributed by atoms with E-state index < -0.39 is 0 Å². The number of aromatic nitrogens is 1. The number of anilines is 1.